The summed E-state index contributed by atoms with van der Waals surface area (Å²) in [5.74, 6) is 1.29. The molecule has 1 aliphatic heterocycles. The standard InChI is InChI=1S/C22H20N4O2S/c27-22(18-11-23-21(29-18)13-5-3-6-13)26-9-8-15-19(25-12-24-15)20(26)17-10-14-4-1-2-7-16(14)28-17/h1-2,4,7,10-13,20H,3,5-6,8-9H2,(H,24,25)/t20-/m1/s1. The third-order valence-electron chi connectivity index (χ3n) is 6.09. The summed E-state index contributed by atoms with van der Waals surface area (Å²) in [5, 5.41) is 2.12. The summed E-state index contributed by atoms with van der Waals surface area (Å²) in [6.45, 7) is 0.617. The molecule has 0 saturated heterocycles. The Morgan fingerprint density at radius 3 is 2.97 bits per heavy atom. The molecule has 29 heavy (non-hydrogen) atoms. The molecule has 0 bridgehead atoms. The Labute approximate surface area is 171 Å². The Kier molecular flexibility index (Phi) is 3.84. The van der Waals surface area contributed by atoms with E-state index in [1.807, 2.05) is 35.2 Å². The number of nitrogens with one attached hydrogen (secondary N) is 1. The molecule has 6 rings (SSSR count). The second-order valence-corrected chi connectivity index (χ2v) is 8.86. The van der Waals surface area contributed by atoms with Gasteiger partial charge in [-0.1, -0.05) is 24.6 Å². The van der Waals surface area contributed by atoms with Crippen molar-refractivity contribution in [3.63, 3.8) is 0 Å². The van der Waals surface area contributed by atoms with Crippen LogP contribution in [0.3, 0.4) is 0 Å². The Hall–Kier alpha value is -2.93. The van der Waals surface area contributed by atoms with Crippen molar-refractivity contribution < 1.29 is 9.21 Å². The number of carbonyl (C=O) groups is 1. The van der Waals surface area contributed by atoms with Crippen LogP contribution in [0.15, 0.2) is 47.3 Å². The largest absolute Gasteiger partial charge is 0.458 e. The average Bonchev–Trinajstić information content (AvgIpc) is 3.43. The van der Waals surface area contributed by atoms with Crippen LogP contribution in [0.5, 0.6) is 0 Å². The molecule has 7 heteroatoms. The van der Waals surface area contributed by atoms with Gasteiger partial charge in [0.25, 0.3) is 5.91 Å². The zero-order chi connectivity index (χ0) is 19.4. The number of para-hydroxylation sites is 1. The van der Waals surface area contributed by atoms with Gasteiger partial charge in [0.05, 0.1) is 23.2 Å². The third-order valence-corrected chi connectivity index (χ3v) is 7.24. The summed E-state index contributed by atoms with van der Waals surface area (Å²) in [6, 6.07) is 9.61. The van der Waals surface area contributed by atoms with E-state index in [-0.39, 0.29) is 11.9 Å². The zero-order valence-electron chi connectivity index (χ0n) is 15.8. The van der Waals surface area contributed by atoms with Gasteiger partial charge in [0.2, 0.25) is 0 Å². The number of benzene rings is 1. The van der Waals surface area contributed by atoms with Crippen molar-refractivity contribution in [2.75, 3.05) is 6.54 Å². The maximum atomic E-state index is 13.5. The maximum Gasteiger partial charge on any atom is 0.266 e. The van der Waals surface area contributed by atoms with E-state index in [0.29, 0.717) is 17.3 Å². The van der Waals surface area contributed by atoms with Gasteiger partial charge < -0.3 is 14.3 Å². The van der Waals surface area contributed by atoms with Gasteiger partial charge >= 0.3 is 0 Å². The summed E-state index contributed by atoms with van der Waals surface area (Å²) in [5.41, 5.74) is 2.76. The monoisotopic (exact) mass is 404 g/mol. The molecule has 1 aliphatic carbocycles. The van der Waals surface area contributed by atoms with Gasteiger partial charge in [0.1, 0.15) is 22.3 Å². The quantitative estimate of drug-likeness (QED) is 0.538. The number of fused-ring (bicyclic) bond motifs is 2. The van der Waals surface area contributed by atoms with Crippen molar-refractivity contribution in [3.8, 4) is 0 Å². The Bertz CT molecular complexity index is 1170. The highest BCUT2D eigenvalue weighted by atomic mass is 32.1. The van der Waals surface area contributed by atoms with Crippen molar-refractivity contribution in [2.24, 2.45) is 0 Å². The molecule has 1 fully saturated rings. The normalized spacial score (nSPS) is 19.3. The minimum absolute atomic E-state index is 0.00665. The molecule has 0 radical (unpaired) electrons. The molecule has 4 heterocycles. The van der Waals surface area contributed by atoms with Gasteiger partial charge in [0, 0.05) is 30.0 Å². The number of nitrogens with zero attached hydrogens (tertiary/aromatic N) is 3. The van der Waals surface area contributed by atoms with Crippen molar-refractivity contribution >= 4 is 28.2 Å². The molecular formula is C22H20N4O2S. The lowest BCUT2D eigenvalue weighted by Gasteiger charge is -2.33. The first-order valence-electron chi connectivity index (χ1n) is 10.1. The number of amides is 1. The molecule has 0 unspecified atom stereocenters. The summed E-state index contributed by atoms with van der Waals surface area (Å²) in [7, 11) is 0. The van der Waals surface area contributed by atoms with Crippen LogP contribution in [0.1, 0.15) is 63.0 Å². The van der Waals surface area contributed by atoms with Crippen LogP contribution < -0.4 is 0 Å². The number of hydrogen-bond acceptors (Lipinski definition) is 5. The lowest BCUT2D eigenvalue weighted by molar-refractivity contribution is 0.0677. The molecule has 6 nitrogen and oxygen atoms in total. The molecule has 1 atom stereocenters. The number of carbonyl (C=O) groups excluding carboxylic acids is 1. The fraction of sp³-hybridized carbons (Fsp3) is 0.318. The van der Waals surface area contributed by atoms with Crippen molar-refractivity contribution in [1.29, 1.82) is 0 Å². The van der Waals surface area contributed by atoms with Crippen molar-refractivity contribution in [1.82, 2.24) is 19.9 Å². The maximum absolute atomic E-state index is 13.5. The summed E-state index contributed by atoms with van der Waals surface area (Å²) >= 11 is 1.54. The van der Waals surface area contributed by atoms with E-state index >= 15 is 0 Å². The molecule has 3 aromatic heterocycles. The first kappa shape index (κ1) is 17.0. The molecule has 1 N–H and O–H groups in total. The molecule has 4 aromatic rings. The number of aromatic nitrogens is 3. The number of aromatic amines is 1. The van der Waals surface area contributed by atoms with Gasteiger partial charge in [-0.05, 0) is 25.0 Å². The van der Waals surface area contributed by atoms with Crippen LogP contribution in [0, 0.1) is 0 Å². The number of furan rings is 1. The van der Waals surface area contributed by atoms with Crippen LogP contribution in [0.25, 0.3) is 11.0 Å². The molecule has 2 aliphatic rings. The summed E-state index contributed by atoms with van der Waals surface area (Å²) in [6.07, 6.45) is 7.83. The first-order valence-corrected chi connectivity index (χ1v) is 10.9. The minimum atomic E-state index is -0.334. The van der Waals surface area contributed by atoms with E-state index in [4.69, 9.17) is 4.42 Å². The summed E-state index contributed by atoms with van der Waals surface area (Å²) in [4.78, 5) is 28.4. The van der Waals surface area contributed by atoms with Crippen molar-refractivity contribution in [3.05, 3.63) is 69.9 Å². The van der Waals surface area contributed by atoms with Crippen molar-refractivity contribution in [2.45, 2.75) is 37.6 Å². The number of thiazole rings is 1. The first-order chi connectivity index (χ1) is 14.3. The van der Waals surface area contributed by atoms with Gasteiger partial charge in [-0.25, -0.2) is 9.97 Å². The molecule has 1 aromatic carbocycles. The molecule has 1 saturated carbocycles. The number of imidazole rings is 1. The third kappa shape index (κ3) is 2.72. The number of hydrogen-bond donors (Lipinski definition) is 1. The van der Waals surface area contributed by atoms with E-state index in [0.717, 1.165) is 39.5 Å². The van der Waals surface area contributed by atoms with E-state index in [9.17, 15) is 4.79 Å². The molecule has 0 spiro atoms. The predicted octanol–water partition coefficient (Wildman–Crippen LogP) is 4.67. The number of H-pyrrole nitrogens is 1. The van der Waals surface area contributed by atoms with E-state index < -0.39 is 0 Å². The Morgan fingerprint density at radius 1 is 1.24 bits per heavy atom. The van der Waals surface area contributed by atoms with Crippen LogP contribution in [0.2, 0.25) is 0 Å². The highest BCUT2D eigenvalue weighted by Gasteiger charge is 2.37. The average molecular weight is 404 g/mol. The SMILES string of the molecule is O=C(c1cnc(C2CCC2)s1)N1CCc2[nH]cnc2[C@H]1c1cc2ccccc2o1. The van der Waals surface area contributed by atoms with Crippen LogP contribution in [0.4, 0.5) is 0 Å². The predicted molar refractivity (Wildman–Crippen MR) is 110 cm³/mol. The minimum Gasteiger partial charge on any atom is -0.458 e. The van der Waals surface area contributed by atoms with Crippen LogP contribution in [-0.2, 0) is 6.42 Å². The fourth-order valence-corrected chi connectivity index (χ4v) is 5.34. The fourth-order valence-electron chi connectivity index (χ4n) is 4.29. The van der Waals surface area contributed by atoms with Gasteiger partial charge in [-0.3, -0.25) is 4.79 Å². The number of rotatable bonds is 3. The highest BCUT2D eigenvalue weighted by molar-refractivity contribution is 7.13. The summed E-state index contributed by atoms with van der Waals surface area (Å²) < 4.78 is 6.16. The lowest BCUT2D eigenvalue weighted by atomic mass is 9.86. The van der Waals surface area contributed by atoms with Gasteiger partial charge in [-0.15, -0.1) is 11.3 Å². The molecule has 146 valence electrons. The molecule has 1 amide bonds. The lowest BCUT2D eigenvalue weighted by Crippen LogP contribution is -2.40. The smallest absolute Gasteiger partial charge is 0.266 e. The van der Waals surface area contributed by atoms with E-state index in [2.05, 4.69) is 15.0 Å². The second kappa shape index (κ2) is 6.56. The van der Waals surface area contributed by atoms with Gasteiger partial charge in [0.15, 0.2) is 0 Å². The van der Waals surface area contributed by atoms with Crippen LogP contribution >= 0.6 is 11.3 Å². The van der Waals surface area contributed by atoms with E-state index in [1.165, 1.54) is 19.3 Å². The van der Waals surface area contributed by atoms with Crippen LogP contribution in [-0.4, -0.2) is 32.3 Å². The van der Waals surface area contributed by atoms with Gasteiger partial charge in [-0.2, -0.15) is 0 Å². The topological polar surface area (TPSA) is 75.0 Å². The Balaban J connectivity index is 1.40. The zero-order valence-corrected chi connectivity index (χ0v) is 16.6. The Morgan fingerprint density at radius 2 is 2.14 bits per heavy atom. The highest BCUT2D eigenvalue weighted by Crippen LogP contribution is 2.40. The van der Waals surface area contributed by atoms with E-state index in [1.54, 1.807) is 23.9 Å². The second-order valence-electron chi connectivity index (χ2n) is 7.79. The molecular weight excluding hydrogens is 384 g/mol.